The summed E-state index contributed by atoms with van der Waals surface area (Å²) in [6.07, 6.45) is 6.31. The second kappa shape index (κ2) is 4.83. The van der Waals surface area contributed by atoms with Crippen molar-refractivity contribution in [3.8, 4) is 0 Å². The minimum absolute atomic E-state index is 0.0493. The number of rotatable bonds is 1. The SMILES string of the molecule is O=C(c1nc2ccccc2s1)N1C2CCC1c1cncnc1C2. The summed E-state index contributed by atoms with van der Waals surface area (Å²) in [5.74, 6) is 0.0493. The van der Waals surface area contributed by atoms with Crippen LogP contribution in [0.4, 0.5) is 0 Å². The Morgan fingerprint density at radius 3 is 3.09 bits per heavy atom. The third kappa shape index (κ3) is 1.91. The largest absolute Gasteiger partial charge is 0.326 e. The van der Waals surface area contributed by atoms with Crippen LogP contribution in [0.25, 0.3) is 10.2 Å². The third-order valence-electron chi connectivity index (χ3n) is 4.83. The molecule has 2 aromatic heterocycles. The summed E-state index contributed by atoms with van der Waals surface area (Å²) in [7, 11) is 0. The topological polar surface area (TPSA) is 59.0 Å². The Bertz CT molecular complexity index is 889. The first-order chi connectivity index (χ1) is 11.3. The van der Waals surface area contributed by atoms with E-state index in [2.05, 4.69) is 15.0 Å². The molecule has 1 aromatic carbocycles. The minimum Gasteiger partial charge on any atom is -0.326 e. The van der Waals surface area contributed by atoms with Crippen LogP contribution in [-0.2, 0) is 6.42 Å². The Morgan fingerprint density at radius 2 is 2.17 bits per heavy atom. The normalized spacial score (nSPS) is 22.3. The summed E-state index contributed by atoms with van der Waals surface area (Å²) >= 11 is 1.48. The highest BCUT2D eigenvalue weighted by Gasteiger charge is 2.44. The first-order valence-corrected chi connectivity index (χ1v) is 8.60. The molecule has 23 heavy (non-hydrogen) atoms. The number of hydrogen-bond acceptors (Lipinski definition) is 5. The quantitative estimate of drug-likeness (QED) is 0.691. The maximum Gasteiger partial charge on any atom is 0.283 e. The number of thiazole rings is 1. The molecular weight excluding hydrogens is 308 g/mol. The van der Waals surface area contributed by atoms with Crippen LogP contribution in [0.1, 0.15) is 39.9 Å². The van der Waals surface area contributed by atoms with E-state index in [0.29, 0.717) is 5.01 Å². The van der Waals surface area contributed by atoms with Crippen molar-refractivity contribution in [2.75, 3.05) is 0 Å². The zero-order chi connectivity index (χ0) is 15.4. The molecule has 114 valence electrons. The molecule has 6 heteroatoms. The van der Waals surface area contributed by atoms with Crippen molar-refractivity contribution in [2.45, 2.75) is 31.3 Å². The number of aromatic nitrogens is 3. The van der Waals surface area contributed by atoms with E-state index in [-0.39, 0.29) is 18.0 Å². The van der Waals surface area contributed by atoms with Crippen molar-refractivity contribution >= 4 is 27.5 Å². The summed E-state index contributed by atoms with van der Waals surface area (Å²) in [5.41, 5.74) is 3.10. The molecule has 0 spiro atoms. The number of hydrogen-bond donors (Lipinski definition) is 0. The standard InChI is InChI=1S/C17H14N4OS/c22-17(16-20-12-3-1-2-4-15(12)23-16)21-10-5-6-14(21)11-8-18-9-19-13(11)7-10/h1-4,8-10,14H,5-7H2. The number of amides is 1. The predicted octanol–water partition coefficient (Wildman–Crippen LogP) is 2.99. The maximum atomic E-state index is 13.1. The van der Waals surface area contributed by atoms with Crippen LogP contribution in [0.5, 0.6) is 0 Å². The fraction of sp³-hybridized carbons (Fsp3) is 0.294. The molecule has 4 heterocycles. The monoisotopic (exact) mass is 322 g/mol. The molecule has 1 saturated heterocycles. The van der Waals surface area contributed by atoms with Crippen molar-refractivity contribution in [1.29, 1.82) is 0 Å². The molecular formula is C17H14N4OS. The molecule has 2 aliphatic rings. The van der Waals surface area contributed by atoms with Gasteiger partial charge >= 0.3 is 0 Å². The summed E-state index contributed by atoms with van der Waals surface area (Å²) in [4.78, 5) is 28.2. The molecule has 1 fully saturated rings. The Morgan fingerprint density at radius 1 is 1.26 bits per heavy atom. The van der Waals surface area contributed by atoms with Crippen molar-refractivity contribution in [3.63, 3.8) is 0 Å². The van der Waals surface area contributed by atoms with Gasteiger partial charge in [-0.3, -0.25) is 4.79 Å². The lowest BCUT2D eigenvalue weighted by atomic mass is 9.99. The van der Waals surface area contributed by atoms with Gasteiger partial charge in [0, 0.05) is 24.2 Å². The van der Waals surface area contributed by atoms with Gasteiger partial charge in [-0.2, -0.15) is 0 Å². The van der Waals surface area contributed by atoms with E-state index in [1.807, 2.05) is 35.4 Å². The number of carbonyl (C=O) groups is 1. The van der Waals surface area contributed by atoms with Gasteiger partial charge in [0.2, 0.25) is 0 Å². The molecule has 5 rings (SSSR count). The smallest absolute Gasteiger partial charge is 0.283 e. The summed E-state index contributed by atoms with van der Waals surface area (Å²) < 4.78 is 1.06. The molecule has 2 atom stereocenters. The van der Waals surface area contributed by atoms with Crippen LogP contribution in [0.3, 0.4) is 0 Å². The number of para-hydroxylation sites is 1. The van der Waals surface area contributed by atoms with Crippen molar-refractivity contribution in [1.82, 2.24) is 19.9 Å². The first-order valence-electron chi connectivity index (χ1n) is 7.78. The summed E-state index contributed by atoms with van der Waals surface area (Å²) in [6.45, 7) is 0. The highest BCUT2D eigenvalue weighted by atomic mass is 32.1. The van der Waals surface area contributed by atoms with E-state index in [4.69, 9.17) is 0 Å². The molecule has 3 aromatic rings. The summed E-state index contributed by atoms with van der Waals surface area (Å²) in [6, 6.07) is 8.24. The average molecular weight is 322 g/mol. The minimum atomic E-state index is 0.0493. The zero-order valence-electron chi connectivity index (χ0n) is 12.3. The fourth-order valence-corrected chi connectivity index (χ4v) is 4.72. The highest BCUT2D eigenvalue weighted by molar-refractivity contribution is 7.20. The molecule has 1 amide bonds. The fourth-order valence-electron chi connectivity index (χ4n) is 3.81. The van der Waals surface area contributed by atoms with Gasteiger partial charge in [0.1, 0.15) is 6.33 Å². The van der Waals surface area contributed by atoms with Gasteiger partial charge in [-0.1, -0.05) is 12.1 Å². The second-order valence-electron chi connectivity index (χ2n) is 6.08. The number of fused-ring (bicyclic) bond motifs is 5. The molecule has 2 aliphatic heterocycles. The lowest BCUT2D eigenvalue weighted by Gasteiger charge is -2.34. The molecule has 2 unspecified atom stereocenters. The van der Waals surface area contributed by atoms with Gasteiger partial charge in [0.15, 0.2) is 5.01 Å². The van der Waals surface area contributed by atoms with Gasteiger partial charge in [0.05, 0.1) is 22.0 Å². The molecule has 0 saturated carbocycles. The van der Waals surface area contributed by atoms with E-state index < -0.39 is 0 Å². The Labute approximate surface area is 137 Å². The van der Waals surface area contributed by atoms with Gasteiger partial charge in [-0.25, -0.2) is 15.0 Å². The number of nitrogens with zero attached hydrogens (tertiary/aromatic N) is 4. The van der Waals surface area contributed by atoms with E-state index in [1.165, 1.54) is 11.3 Å². The predicted molar refractivity (Wildman–Crippen MR) is 87.3 cm³/mol. The summed E-state index contributed by atoms with van der Waals surface area (Å²) in [5, 5.41) is 0.586. The van der Waals surface area contributed by atoms with Crippen molar-refractivity contribution < 1.29 is 4.79 Å². The Kier molecular flexibility index (Phi) is 2.76. The van der Waals surface area contributed by atoms with Crippen LogP contribution in [-0.4, -0.2) is 31.8 Å². The Balaban J connectivity index is 1.56. The molecule has 2 bridgehead atoms. The maximum absolute atomic E-state index is 13.1. The van der Waals surface area contributed by atoms with Gasteiger partial charge in [0.25, 0.3) is 5.91 Å². The Hall–Kier alpha value is -2.34. The van der Waals surface area contributed by atoms with Crippen molar-refractivity contribution in [3.05, 3.63) is 53.1 Å². The van der Waals surface area contributed by atoms with Crippen LogP contribution in [0.15, 0.2) is 36.8 Å². The lowest BCUT2D eigenvalue weighted by molar-refractivity contribution is 0.0643. The molecule has 5 nitrogen and oxygen atoms in total. The van der Waals surface area contributed by atoms with E-state index in [1.54, 1.807) is 6.33 Å². The van der Waals surface area contributed by atoms with Gasteiger partial charge < -0.3 is 4.90 Å². The molecule has 0 N–H and O–H groups in total. The van der Waals surface area contributed by atoms with E-state index in [0.717, 1.165) is 40.7 Å². The van der Waals surface area contributed by atoms with Gasteiger partial charge in [-0.15, -0.1) is 11.3 Å². The van der Waals surface area contributed by atoms with Crippen LogP contribution in [0, 0.1) is 0 Å². The van der Waals surface area contributed by atoms with E-state index >= 15 is 0 Å². The zero-order valence-corrected chi connectivity index (χ0v) is 13.2. The number of benzene rings is 1. The third-order valence-corrected chi connectivity index (χ3v) is 5.85. The van der Waals surface area contributed by atoms with E-state index in [9.17, 15) is 4.79 Å². The average Bonchev–Trinajstić information content (AvgIpc) is 3.15. The molecule has 0 radical (unpaired) electrons. The second-order valence-corrected chi connectivity index (χ2v) is 7.11. The highest BCUT2D eigenvalue weighted by Crippen LogP contribution is 2.43. The number of carbonyl (C=O) groups excluding carboxylic acids is 1. The first kappa shape index (κ1) is 13.1. The van der Waals surface area contributed by atoms with Crippen LogP contribution in [0.2, 0.25) is 0 Å². The van der Waals surface area contributed by atoms with Crippen molar-refractivity contribution in [2.24, 2.45) is 0 Å². The van der Waals surface area contributed by atoms with Crippen LogP contribution < -0.4 is 0 Å². The lowest BCUT2D eigenvalue weighted by Crippen LogP contribution is -2.42. The molecule has 0 aliphatic carbocycles. The van der Waals surface area contributed by atoms with Gasteiger partial charge in [-0.05, 0) is 25.0 Å². The van der Waals surface area contributed by atoms with Crippen LogP contribution >= 0.6 is 11.3 Å².